The fraction of sp³-hybridized carbons (Fsp3) is 0.333. The Hall–Kier alpha value is -2.97. The Morgan fingerprint density at radius 1 is 1.44 bits per heavy atom. The smallest absolute Gasteiger partial charge is 0.316 e. The average Bonchev–Trinajstić information content (AvgIpc) is 3.38. The summed E-state index contributed by atoms with van der Waals surface area (Å²) >= 11 is 3.76. The summed E-state index contributed by atoms with van der Waals surface area (Å²) in [5.41, 5.74) is 6.53. The van der Waals surface area contributed by atoms with Crippen molar-refractivity contribution < 1.29 is 24.7 Å². The fourth-order valence-corrected chi connectivity index (χ4v) is 6.18. The molecule has 2 unspecified atom stereocenters. The Labute approximate surface area is 194 Å². The molecule has 0 spiro atoms. The van der Waals surface area contributed by atoms with E-state index in [9.17, 15) is 24.7 Å². The van der Waals surface area contributed by atoms with Crippen LogP contribution in [0.15, 0.2) is 22.1 Å². The highest BCUT2D eigenvalue weighted by Crippen LogP contribution is 2.43. The van der Waals surface area contributed by atoms with Crippen molar-refractivity contribution in [2.24, 2.45) is 10.6 Å². The number of rotatable bonds is 6. The first kappa shape index (κ1) is 22.2. The van der Waals surface area contributed by atoms with Gasteiger partial charge in [0.05, 0.1) is 11.2 Å². The Bertz CT molecular complexity index is 1140. The molecular weight excluding hydrogens is 476 g/mol. The van der Waals surface area contributed by atoms with Crippen molar-refractivity contribution in [1.82, 2.24) is 20.2 Å². The highest BCUT2D eigenvalue weighted by atomic mass is 32.2. The lowest BCUT2D eigenvalue weighted by Crippen LogP contribution is -2.73. The van der Waals surface area contributed by atoms with Crippen LogP contribution in [0.25, 0.3) is 6.08 Å². The van der Waals surface area contributed by atoms with Crippen LogP contribution >= 0.6 is 34.4 Å². The lowest BCUT2D eigenvalue weighted by molar-refractivity contribution is -0.155. The number of nitrogens with one attached hydrogen (secondary N) is 1. The second kappa shape index (κ2) is 8.52. The summed E-state index contributed by atoms with van der Waals surface area (Å²) in [7, 11) is 0. The molecule has 5 N–H and O–H groups in total. The minimum Gasteiger partial charge on any atom is -0.481 e. The topological polar surface area (TPSA) is 171 Å². The average molecular weight is 495 g/mol. The van der Waals surface area contributed by atoms with Gasteiger partial charge in [0.25, 0.3) is 5.91 Å². The summed E-state index contributed by atoms with van der Waals surface area (Å²) < 4.78 is 0. The molecule has 2 aliphatic heterocycles. The fourth-order valence-electron chi connectivity index (χ4n) is 3.42. The normalized spacial score (nSPS) is 25.5. The summed E-state index contributed by atoms with van der Waals surface area (Å²) in [4.78, 5) is 47.7. The summed E-state index contributed by atoms with van der Waals surface area (Å²) in [6, 6.07) is -0.861. The molecule has 32 heavy (non-hydrogen) atoms. The molecule has 2 amide bonds. The first-order valence-corrected chi connectivity index (χ1v) is 12.1. The maximum absolute atomic E-state index is 12.7. The molecule has 2 fully saturated rings. The van der Waals surface area contributed by atoms with Crippen molar-refractivity contribution in [2.75, 3.05) is 18.0 Å². The molecule has 2 aromatic rings. The molecule has 0 bridgehead atoms. The maximum Gasteiger partial charge on any atom is 0.316 e. The van der Waals surface area contributed by atoms with E-state index in [2.05, 4.69) is 20.4 Å². The van der Waals surface area contributed by atoms with Gasteiger partial charge in [-0.15, -0.1) is 34.4 Å². The summed E-state index contributed by atoms with van der Waals surface area (Å²) in [5.74, 6) is -1.98. The van der Waals surface area contributed by atoms with Crippen LogP contribution in [0.3, 0.4) is 0 Å². The number of nitrogen functional groups attached to an aromatic ring is 1. The molecule has 0 radical (unpaired) electrons. The number of carboxylic acids is 1. The summed E-state index contributed by atoms with van der Waals surface area (Å²) in [6.07, 6.45) is 3.34. The van der Waals surface area contributed by atoms with E-state index in [0.29, 0.717) is 0 Å². The highest BCUT2D eigenvalue weighted by molar-refractivity contribution is 8.00. The van der Waals surface area contributed by atoms with Crippen molar-refractivity contribution >= 4 is 69.1 Å². The molecule has 168 valence electrons. The van der Waals surface area contributed by atoms with Gasteiger partial charge in [-0.25, -0.2) is 9.97 Å². The van der Waals surface area contributed by atoms with E-state index in [1.165, 1.54) is 33.4 Å². The van der Waals surface area contributed by atoms with E-state index in [1.807, 2.05) is 6.92 Å². The van der Waals surface area contributed by atoms with E-state index in [0.717, 1.165) is 21.9 Å². The lowest BCUT2D eigenvalue weighted by Gasteiger charge is -2.53. The molecule has 0 aromatic carbocycles. The number of hydrogen-bond acceptors (Lipinski definition) is 11. The van der Waals surface area contributed by atoms with Crippen LogP contribution in [0.5, 0.6) is 0 Å². The third kappa shape index (κ3) is 3.84. The minimum atomic E-state index is -1.25. The predicted octanol–water partition coefficient (Wildman–Crippen LogP) is 0.853. The standard InChI is InChI=1S/C18H18N6O5S3/c1-8-10(32-7-20-8)2-3-18(16(27)28)5-24-14(26)12(15(24)31-6-18)22-13(25)11(23-29)9-4-30-17(19)21-9/h2-4,7,12,15,29H,5-6H2,1H3,(H2,19,21)(H,22,25)(H,27,28)/t12?,15-,18?/m1/s1. The molecule has 3 atom stereocenters. The van der Waals surface area contributed by atoms with Crippen LogP contribution in [-0.4, -0.2) is 72.4 Å². The number of anilines is 1. The van der Waals surface area contributed by atoms with E-state index in [1.54, 1.807) is 17.7 Å². The number of nitrogens with zero attached hydrogens (tertiary/aromatic N) is 4. The van der Waals surface area contributed by atoms with Gasteiger partial charge in [0.2, 0.25) is 5.91 Å². The van der Waals surface area contributed by atoms with Crippen molar-refractivity contribution in [1.29, 1.82) is 0 Å². The molecule has 11 nitrogen and oxygen atoms in total. The van der Waals surface area contributed by atoms with Gasteiger partial charge >= 0.3 is 5.97 Å². The maximum atomic E-state index is 12.7. The van der Waals surface area contributed by atoms with Gasteiger partial charge in [-0.1, -0.05) is 11.2 Å². The van der Waals surface area contributed by atoms with Crippen LogP contribution in [0.2, 0.25) is 0 Å². The summed E-state index contributed by atoms with van der Waals surface area (Å²) in [5, 5.41) is 25.9. The van der Waals surface area contributed by atoms with Crippen LogP contribution in [0, 0.1) is 12.3 Å². The van der Waals surface area contributed by atoms with Crippen LogP contribution in [0.4, 0.5) is 5.13 Å². The quantitative estimate of drug-likeness (QED) is 0.197. The lowest BCUT2D eigenvalue weighted by atomic mass is 9.86. The van der Waals surface area contributed by atoms with Gasteiger partial charge in [-0.2, -0.15) is 0 Å². The number of aliphatic carboxylic acids is 1. The number of thioether (sulfide) groups is 1. The number of thiazole rings is 2. The van der Waals surface area contributed by atoms with Crippen molar-refractivity contribution in [2.45, 2.75) is 18.3 Å². The first-order chi connectivity index (χ1) is 15.3. The van der Waals surface area contributed by atoms with Crippen molar-refractivity contribution in [3.05, 3.63) is 33.2 Å². The second-order valence-corrected chi connectivity index (χ2v) is 10.1. The molecule has 4 rings (SSSR count). The number of carbonyl (C=O) groups excluding carboxylic acids is 2. The Balaban J connectivity index is 1.46. The number of aromatic nitrogens is 2. The molecule has 2 saturated heterocycles. The van der Waals surface area contributed by atoms with Gasteiger partial charge < -0.3 is 26.3 Å². The summed E-state index contributed by atoms with van der Waals surface area (Å²) in [6.45, 7) is 1.83. The largest absolute Gasteiger partial charge is 0.481 e. The predicted molar refractivity (Wildman–Crippen MR) is 121 cm³/mol. The zero-order valence-corrected chi connectivity index (χ0v) is 19.0. The first-order valence-electron chi connectivity index (χ1n) is 9.25. The van der Waals surface area contributed by atoms with Gasteiger partial charge in [0.1, 0.15) is 22.5 Å². The molecule has 0 saturated carbocycles. The van der Waals surface area contributed by atoms with Crippen LogP contribution in [-0.2, 0) is 14.4 Å². The third-order valence-electron chi connectivity index (χ3n) is 5.23. The zero-order valence-electron chi connectivity index (χ0n) is 16.6. The number of aryl methyl sites for hydroxylation is 1. The Morgan fingerprint density at radius 3 is 2.81 bits per heavy atom. The Morgan fingerprint density at radius 2 is 2.22 bits per heavy atom. The second-order valence-electron chi connectivity index (χ2n) is 7.24. The van der Waals surface area contributed by atoms with Gasteiger partial charge in [0, 0.05) is 22.6 Å². The number of nitrogens with two attached hydrogens (primary N) is 1. The monoisotopic (exact) mass is 494 g/mol. The number of carboxylic acid groups (broad SMARTS) is 1. The zero-order chi connectivity index (χ0) is 23.0. The number of carbonyl (C=O) groups is 3. The van der Waals surface area contributed by atoms with E-state index < -0.39 is 34.6 Å². The molecule has 4 heterocycles. The third-order valence-corrected chi connectivity index (χ3v) is 8.35. The molecule has 14 heteroatoms. The molecule has 2 aliphatic rings. The van der Waals surface area contributed by atoms with Crippen molar-refractivity contribution in [3.8, 4) is 0 Å². The van der Waals surface area contributed by atoms with Gasteiger partial charge in [0.15, 0.2) is 10.8 Å². The number of fused-ring (bicyclic) bond motifs is 1. The molecular formula is C18H18N6O5S3. The van der Waals surface area contributed by atoms with Gasteiger partial charge in [-0.3, -0.25) is 14.4 Å². The van der Waals surface area contributed by atoms with E-state index in [4.69, 9.17) is 5.73 Å². The molecule has 0 aliphatic carbocycles. The SMILES string of the molecule is Cc1ncsc1C=CC1(C(=O)O)CS[C@@H]2C(NC(=O)C(=NO)c3csc(N)n3)C(=O)N2C1. The highest BCUT2D eigenvalue weighted by Gasteiger charge is 2.56. The van der Waals surface area contributed by atoms with E-state index >= 15 is 0 Å². The minimum absolute atomic E-state index is 0.0108. The number of β-lactam (4-membered cyclic amide) rings is 1. The van der Waals surface area contributed by atoms with Gasteiger partial charge in [-0.05, 0) is 13.0 Å². The van der Waals surface area contributed by atoms with Crippen molar-refractivity contribution in [3.63, 3.8) is 0 Å². The number of hydrogen-bond donors (Lipinski definition) is 4. The number of oxime groups is 1. The Kier molecular flexibility index (Phi) is 5.92. The molecule has 2 aromatic heterocycles. The van der Waals surface area contributed by atoms with Crippen LogP contribution in [0.1, 0.15) is 16.3 Å². The number of amides is 2. The van der Waals surface area contributed by atoms with E-state index in [-0.39, 0.29) is 28.8 Å². The van der Waals surface area contributed by atoms with Crippen LogP contribution < -0.4 is 11.1 Å².